The minimum absolute atomic E-state index is 0.151. The number of hydrogen-bond donors (Lipinski definition) is 2. The number of nitrogens with one attached hydrogen (secondary N) is 2. The zero-order valence-electron chi connectivity index (χ0n) is 18.3. The smallest absolute Gasteiger partial charge is 0.339 e. The molecule has 32 heavy (non-hydrogen) atoms. The number of carbonyl (C=O) groups excluding carboxylic acids is 4. The minimum Gasteiger partial charge on any atom is -0.465 e. The van der Waals surface area contributed by atoms with Crippen molar-refractivity contribution < 1.29 is 23.9 Å². The number of anilines is 1. The molecule has 0 spiro atoms. The maximum Gasteiger partial charge on any atom is 0.339 e. The van der Waals surface area contributed by atoms with Crippen molar-refractivity contribution >= 4 is 52.5 Å². The monoisotopic (exact) mass is 481 g/mol. The van der Waals surface area contributed by atoms with E-state index in [-0.39, 0.29) is 41.6 Å². The number of esters is 1. The topological polar surface area (TPSA) is 109 Å². The molecule has 2 amide bonds. The van der Waals surface area contributed by atoms with E-state index in [4.69, 9.17) is 27.9 Å². The van der Waals surface area contributed by atoms with Crippen LogP contribution < -0.4 is 5.32 Å². The molecule has 2 aromatic rings. The molecule has 0 aliphatic carbocycles. The maximum atomic E-state index is 13.0. The fourth-order valence-electron chi connectivity index (χ4n) is 3.30. The Morgan fingerprint density at radius 3 is 2.47 bits per heavy atom. The SMILES string of the molecule is CCCN(CC(=O)Nc1cc(Cl)ccc1Cl)C(=O)Cc1[nH]c(C(C)=O)c(C)c1C(=O)OC. The number of ketones is 1. The number of nitrogens with zero attached hydrogens (tertiary/aromatic N) is 1. The summed E-state index contributed by atoms with van der Waals surface area (Å²) >= 11 is 12.0. The van der Waals surface area contributed by atoms with Crippen LogP contribution >= 0.6 is 23.2 Å². The summed E-state index contributed by atoms with van der Waals surface area (Å²) < 4.78 is 4.81. The third-order valence-electron chi connectivity index (χ3n) is 4.78. The Kier molecular flexibility index (Phi) is 8.86. The van der Waals surface area contributed by atoms with Crippen LogP contribution in [-0.4, -0.2) is 53.7 Å². The van der Waals surface area contributed by atoms with Crippen LogP contribution in [0.5, 0.6) is 0 Å². The number of hydrogen-bond acceptors (Lipinski definition) is 5. The number of carbonyl (C=O) groups is 4. The van der Waals surface area contributed by atoms with Crippen molar-refractivity contribution in [2.45, 2.75) is 33.6 Å². The van der Waals surface area contributed by atoms with Crippen LogP contribution in [0.1, 0.15) is 52.4 Å². The van der Waals surface area contributed by atoms with E-state index in [1.54, 1.807) is 19.1 Å². The lowest BCUT2D eigenvalue weighted by Crippen LogP contribution is -2.39. The van der Waals surface area contributed by atoms with Crippen LogP contribution in [0.25, 0.3) is 0 Å². The van der Waals surface area contributed by atoms with Gasteiger partial charge in [-0.15, -0.1) is 0 Å². The number of amides is 2. The molecular formula is C22H25Cl2N3O5. The van der Waals surface area contributed by atoms with Crippen molar-refractivity contribution in [3.8, 4) is 0 Å². The Morgan fingerprint density at radius 2 is 1.88 bits per heavy atom. The molecule has 1 aromatic heterocycles. The summed E-state index contributed by atoms with van der Waals surface area (Å²) in [6.45, 7) is 4.95. The molecule has 2 rings (SSSR count). The fourth-order valence-corrected chi connectivity index (χ4v) is 3.64. The lowest BCUT2D eigenvalue weighted by atomic mass is 10.1. The highest BCUT2D eigenvalue weighted by Crippen LogP contribution is 2.25. The van der Waals surface area contributed by atoms with Gasteiger partial charge in [-0.05, 0) is 37.1 Å². The summed E-state index contributed by atoms with van der Waals surface area (Å²) in [6, 6.07) is 4.67. The van der Waals surface area contributed by atoms with Crippen molar-refractivity contribution in [1.82, 2.24) is 9.88 Å². The van der Waals surface area contributed by atoms with Gasteiger partial charge in [0.1, 0.15) is 0 Å². The first-order valence-corrected chi connectivity index (χ1v) is 10.7. The van der Waals surface area contributed by atoms with Gasteiger partial charge in [0.2, 0.25) is 11.8 Å². The van der Waals surface area contributed by atoms with Crippen LogP contribution in [-0.2, 0) is 20.7 Å². The Labute approximate surface area is 196 Å². The third-order valence-corrected chi connectivity index (χ3v) is 5.35. The summed E-state index contributed by atoms with van der Waals surface area (Å²) in [5.41, 5.74) is 1.42. The number of benzene rings is 1. The Bertz CT molecular complexity index is 1050. The highest BCUT2D eigenvalue weighted by atomic mass is 35.5. The van der Waals surface area contributed by atoms with Gasteiger partial charge in [0, 0.05) is 24.2 Å². The molecule has 0 fully saturated rings. The van der Waals surface area contributed by atoms with Crippen molar-refractivity contribution in [2.24, 2.45) is 0 Å². The number of rotatable bonds is 9. The Hall–Kier alpha value is -2.84. The lowest BCUT2D eigenvalue weighted by molar-refractivity contribution is -0.134. The average molecular weight is 482 g/mol. The predicted molar refractivity (Wildman–Crippen MR) is 123 cm³/mol. The third kappa shape index (κ3) is 6.11. The average Bonchev–Trinajstić information content (AvgIpc) is 3.05. The molecular weight excluding hydrogens is 457 g/mol. The molecule has 1 aromatic carbocycles. The van der Waals surface area contributed by atoms with E-state index in [1.165, 1.54) is 25.0 Å². The van der Waals surface area contributed by atoms with Gasteiger partial charge in [-0.2, -0.15) is 0 Å². The quantitative estimate of drug-likeness (QED) is 0.414. The van der Waals surface area contributed by atoms with E-state index in [9.17, 15) is 19.2 Å². The van der Waals surface area contributed by atoms with Gasteiger partial charge < -0.3 is 19.9 Å². The van der Waals surface area contributed by atoms with Gasteiger partial charge in [-0.1, -0.05) is 30.1 Å². The standard InChI is InChI=1S/C22H25Cl2N3O5/c1-5-8-27(11-18(29)25-16-9-14(23)6-7-15(16)24)19(30)10-17-20(22(31)32-4)12(2)21(26-17)13(3)28/h6-7,9,26H,5,8,10-11H2,1-4H3,(H,25,29). The van der Waals surface area contributed by atoms with E-state index in [2.05, 4.69) is 10.3 Å². The molecule has 0 radical (unpaired) electrons. The van der Waals surface area contributed by atoms with Gasteiger partial charge in [0.15, 0.2) is 5.78 Å². The summed E-state index contributed by atoms with van der Waals surface area (Å²) in [6.07, 6.45) is 0.410. The molecule has 172 valence electrons. The normalized spacial score (nSPS) is 10.6. The maximum absolute atomic E-state index is 13.0. The van der Waals surface area contributed by atoms with Crippen molar-refractivity contribution in [1.29, 1.82) is 0 Å². The van der Waals surface area contributed by atoms with E-state index < -0.39 is 11.9 Å². The second-order valence-corrected chi connectivity index (χ2v) is 8.03. The lowest BCUT2D eigenvalue weighted by Gasteiger charge is -2.22. The molecule has 0 saturated carbocycles. The van der Waals surface area contributed by atoms with Crippen LogP contribution in [0.2, 0.25) is 10.0 Å². The number of methoxy groups -OCH3 is 1. The van der Waals surface area contributed by atoms with Gasteiger partial charge >= 0.3 is 5.97 Å². The highest BCUT2D eigenvalue weighted by molar-refractivity contribution is 6.35. The number of H-pyrrole nitrogens is 1. The minimum atomic E-state index is -0.649. The first-order valence-electron chi connectivity index (χ1n) is 9.92. The number of halogens is 2. The van der Waals surface area contributed by atoms with E-state index in [1.807, 2.05) is 6.92 Å². The first-order chi connectivity index (χ1) is 15.1. The van der Waals surface area contributed by atoms with Gasteiger partial charge in [-0.25, -0.2) is 4.79 Å². The van der Waals surface area contributed by atoms with Crippen molar-refractivity contribution in [3.05, 3.63) is 50.8 Å². The molecule has 0 bridgehead atoms. The molecule has 0 aliphatic rings. The second-order valence-electron chi connectivity index (χ2n) is 7.19. The summed E-state index contributed by atoms with van der Waals surface area (Å²) in [5.74, 6) is -1.75. The number of ether oxygens (including phenoxy) is 1. The Morgan fingerprint density at radius 1 is 1.19 bits per heavy atom. The summed E-state index contributed by atoms with van der Waals surface area (Å²) in [7, 11) is 1.22. The van der Waals surface area contributed by atoms with Crippen LogP contribution in [0, 0.1) is 6.92 Å². The molecule has 10 heteroatoms. The molecule has 1 heterocycles. The molecule has 0 unspecified atom stereocenters. The zero-order chi connectivity index (χ0) is 24.0. The molecule has 0 aliphatic heterocycles. The zero-order valence-corrected chi connectivity index (χ0v) is 19.8. The molecule has 8 nitrogen and oxygen atoms in total. The van der Waals surface area contributed by atoms with Crippen molar-refractivity contribution in [2.75, 3.05) is 25.5 Å². The first kappa shape index (κ1) is 25.4. The molecule has 2 N–H and O–H groups in total. The number of aromatic amines is 1. The van der Waals surface area contributed by atoms with Crippen LogP contribution in [0.4, 0.5) is 5.69 Å². The molecule has 0 saturated heterocycles. The van der Waals surface area contributed by atoms with E-state index in [0.717, 1.165) is 0 Å². The largest absolute Gasteiger partial charge is 0.465 e. The highest BCUT2D eigenvalue weighted by Gasteiger charge is 2.26. The summed E-state index contributed by atoms with van der Waals surface area (Å²) in [4.78, 5) is 53.9. The van der Waals surface area contributed by atoms with Gasteiger partial charge in [0.05, 0.1) is 42.0 Å². The van der Waals surface area contributed by atoms with Gasteiger partial charge in [0.25, 0.3) is 0 Å². The number of aromatic nitrogens is 1. The summed E-state index contributed by atoms with van der Waals surface area (Å²) in [5, 5.41) is 3.37. The Balaban J connectivity index is 2.22. The fraction of sp³-hybridized carbons (Fsp3) is 0.364. The van der Waals surface area contributed by atoms with Gasteiger partial charge in [-0.3, -0.25) is 14.4 Å². The predicted octanol–water partition coefficient (Wildman–Crippen LogP) is 4.04. The van der Waals surface area contributed by atoms with Crippen molar-refractivity contribution in [3.63, 3.8) is 0 Å². The molecule has 0 atom stereocenters. The van der Waals surface area contributed by atoms with E-state index in [0.29, 0.717) is 34.3 Å². The van der Waals surface area contributed by atoms with Crippen LogP contribution in [0.3, 0.4) is 0 Å². The second kappa shape index (κ2) is 11.2. The van der Waals surface area contributed by atoms with Crippen LogP contribution in [0.15, 0.2) is 18.2 Å². The number of Topliss-reactive ketones (excluding diaryl/α,β-unsaturated/α-hetero) is 1. The van der Waals surface area contributed by atoms with E-state index >= 15 is 0 Å².